The zero-order chi connectivity index (χ0) is 13.0. The van der Waals surface area contributed by atoms with Gasteiger partial charge < -0.3 is 4.48 Å². The first-order valence-electron chi connectivity index (χ1n) is 7.55. The van der Waals surface area contributed by atoms with E-state index in [2.05, 4.69) is 27.6 Å². The van der Waals surface area contributed by atoms with Gasteiger partial charge in [-0.3, -0.25) is 0 Å². The molecular weight excluding hydrogens is 206 g/mol. The molecule has 0 bridgehead atoms. The van der Waals surface area contributed by atoms with Crippen LogP contribution in [0, 0.1) is 0 Å². The first-order valence-corrected chi connectivity index (χ1v) is 7.55. The van der Waals surface area contributed by atoms with Crippen molar-refractivity contribution < 1.29 is 4.48 Å². The summed E-state index contributed by atoms with van der Waals surface area (Å²) < 4.78 is 1.15. The van der Waals surface area contributed by atoms with Gasteiger partial charge in [0.1, 0.15) is 0 Å². The Hall–Kier alpha value is -0.300. The molecule has 17 heavy (non-hydrogen) atoms. The highest BCUT2D eigenvalue weighted by molar-refractivity contribution is 4.64. The molecule has 0 unspecified atom stereocenters. The molecule has 0 aromatic carbocycles. The Labute approximate surface area is 109 Å². The normalized spacial score (nSPS) is 11.7. The van der Waals surface area contributed by atoms with E-state index in [1.54, 1.807) is 0 Å². The minimum atomic E-state index is 1.14. The Morgan fingerprint density at radius 1 is 0.824 bits per heavy atom. The quantitative estimate of drug-likeness (QED) is 0.262. The lowest BCUT2D eigenvalue weighted by Gasteiger charge is -2.29. The molecule has 1 heteroatoms. The number of rotatable bonds is 12. The van der Waals surface area contributed by atoms with E-state index in [-0.39, 0.29) is 0 Å². The molecule has 0 aliphatic carbocycles. The van der Waals surface area contributed by atoms with Gasteiger partial charge in [-0.05, 0) is 12.8 Å². The van der Waals surface area contributed by atoms with Crippen molar-refractivity contribution in [2.45, 2.75) is 64.7 Å². The van der Waals surface area contributed by atoms with Gasteiger partial charge in [0.2, 0.25) is 0 Å². The Balaban J connectivity index is 3.28. The fourth-order valence-electron chi connectivity index (χ4n) is 2.23. The van der Waals surface area contributed by atoms with Crippen LogP contribution in [0.1, 0.15) is 64.7 Å². The van der Waals surface area contributed by atoms with Crippen LogP contribution < -0.4 is 0 Å². The first-order chi connectivity index (χ1) is 8.12. The minimum absolute atomic E-state index is 1.14. The second-order valence-corrected chi connectivity index (χ2v) is 5.94. The lowest BCUT2D eigenvalue weighted by atomic mass is 10.1. The maximum Gasteiger partial charge on any atom is 0.0817 e. The van der Waals surface area contributed by atoms with Crippen molar-refractivity contribution in [3.8, 4) is 0 Å². The van der Waals surface area contributed by atoms with Gasteiger partial charge in [-0.2, -0.15) is 0 Å². The minimum Gasteiger partial charge on any atom is -0.328 e. The highest BCUT2D eigenvalue weighted by atomic mass is 15.3. The molecule has 0 aliphatic heterocycles. The van der Waals surface area contributed by atoms with Gasteiger partial charge in [-0.15, -0.1) is 6.58 Å². The second kappa shape index (κ2) is 10.8. The Morgan fingerprint density at radius 3 is 1.88 bits per heavy atom. The molecule has 0 radical (unpaired) electrons. The molecule has 0 rings (SSSR count). The molecule has 0 aromatic heterocycles. The monoisotopic (exact) mass is 240 g/mol. The smallest absolute Gasteiger partial charge is 0.0817 e. The van der Waals surface area contributed by atoms with Gasteiger partial charge >= 0.3 is 0 Å². The maximum absolute atomic E-state index is 3.80. The number of hydrogen-bond acceptors (Lipinski definition) is 0. The van der Waals surface area contributed by atoms with Crippen molar-refractivity contribution in [2.75, 3.05) is 27.2 Å². The third-order valence-corrected chi connectivity index (χ3v) is 3.56. The highest BCUT2D eigenvalue weighted by Gasteiger charge is 2.12. The van der Waals surface area contributed by atoms with E-state index in [4.69, 9.17) is 0 Å². The van der Waals surface area contributed by atoms with Gasteiger partial charge in [0.25, 0.3) is 0 Å². The van der Waals surface area contributed by atoms with E-state index >= 15 is 0 Å². The van der Waals surface area contributed by atoms with E-state index in [1.807, 2.05) is 6.08 Å². The van der Waals surface area contributed by atoms with Crippen LogP contribution in [0.4, 0.5) is 0 Å². The third kappa shape index (κ3) is 12.0. The summed E-state index contributed by atoms with van der Waals surface area (Å²) in [6.45, 7) is 8.64. The fourth-order valence-corrected chi connectivity index (χ4v) is 2.23. The van der Waals surface area contributed by atoms with Crippen LogP contribution in [0.5, 0.6) is 0 Å². The van der Waals surface area contributed by atoms with Crippen LogP contribution in [0.3, 0.4) is 0 Å². The van der Waals surface area contributed by atoms with Gasteiger partial charge in [0, 0.05) is 6.42 Å². The summed E-state index contributed by atoms with van der Waals surface area (Å²) in [5.74, 6) is 0. The highest BCUT2D eigenvalue weighted by Crippen LogP contribution is 2.10. The van der Waals surface area contributed by atoms with E-state index in [9.17, 15) is 0 Å². The Morgan fingerprint density at radius 2 is 1.35 bits per heavy atom. The first kappa shape index (κ1) is 16.7. The molecule has 0 spiro atoms. The summed E-state index contributed by atoms with van der Waals surface area (Å²) in [6.07, 6.45) is 14.5. The number of nitrogens with zero attached hydrogens (tertiary/aromatic N) is 1. The summed E-state index contributed by atoms with van der Waals surface area (Å²) in [6, 6.07) is 0. The Kier molecular flexibility index (Phi) is 10.6. The molecule has 0 amide bonds. The van der Waals surface area contributed by atoms with Crippen molar-refractivity contribution in [1.29, 1.82) is 0 Å². The van der Waals surface area contributed by atoms with Gasteiger partial charge in [0.05, 0.1) is 27.2 Å². The van der Waals surface area contributed by atoms with Crippen molar-refractivity contribution in [1.82, 2.24) is 0 Å². The summed E-state index contributed by atoms with van der Waals surface area (Å²) in [5.41, 5.74) is 0. The average molecular weight is 240 g/mol. The molecule has 1 nitrogen and oxygen atoms in total. The molecule has 0 atom stereocenters. The van der Waals surface area contributed by atoms with Crippen LogP contribution in [0.2, 0.25) is 0 Å². The molecule has 0 aromatic rings. The van der Waals surface area contributed by atoms with Crippen LogP contribution >= 0.6 is 0 Å². The molecule has 102 valence electrons. The predicted octanol–water partition coefficient (Wildman–Crippen LogP) is 4.78. The van der Waals surface area contributed by atoms with Gasteiger partial charge in [-0.25, -0.2) is 0 Å². The van der Waals surface area contributed by atoms with E-state index in [1.165, 1.54) is 64.5 Å². The average Bonchev–Trinajstić information content (AvgIpc) is 2.30. The van der Waals surface area contributed by atoms with Gasteiger partial charge in [-0.1, -0.05) is 51.5 Å². The largest absolute Gasteiger partial charge is 0.328 e. The zero-order valence-corrected chi connectivity index (χ0v) is 12.5. The van der Waals surface area contributed by atoms with Crippen LogP contribution in [0.15, 0.2) is 12.7 Å². The molecule has 0 N–H and O–H groups in total. The van der Waals surface area contributed by atoms with Crippen LogP contribution in [0.25, 0.3) is 0 Å². The van der Waals surface area contributed by atoms with Gasteiger partial charge in [0.15, 0.2) is 0 Å². The standard InChI is InChI=1S/C16H34N/c1-5-7-9-10-11-12-13-14-16-17(3,4)15-8-6-2/h6H,2,5,7-16H2,1,3-4H3/q+1. The summed E-state index contributed by atoms with van der Waals surface area (Å²) >= 11 is 0. The second-order valence-electron chi connectivity index (χ2n) is 5.94. The number of quaternary nitrogens is 1. The van der Waals surface area contributed by atoms with Crippen molar-refractivity contribution in [2.24, 2.45) is 0 Å². The number of hydrogen-bond donors (Lipinski definition) is 0. The summed E-state index contributed by atoms with van der Waals surface area (Å²) in [5, 5.41) is 0. The Bertz CT molecular complexity index is 172. The van der Waals surface area contributed by atoms with Crippen molar-refractivity contribution >= 4 is 0 Å². The summed E-state index contributed by atoms with van der Waals surface area (Å²) in [7, 11) is 4.68. The summed E-state index contributed by atoms with van der Waals surface area (Å²) in [4.78, 5) is 0. The third-order valence-electron chi connectivity index (χ3n) is 3.56. The predicted molar refractivity (Wildman–Crippen MR) is 79.3 cm³/mol. The molecular formula is C16H34N+. The zero-order valence-electron chi connectivity index (χ0n) is 12.5. The van der Waals surface area contributed by atoms with E-state index in [0.717, 1.165) is 10.9 Å². The number of unbranched alkanes of at least 4 members (excludes halogenated alkanes) is 7. The lowest BCUT2D eigenvalue weighted by molar-refractivity contribution is -0.890. The fraction of sp³-hybridized carbons (Fsp3) is 0.875. The lowest BCUT2D eigenvalue weighted by Crippen LogP contribution is -2.40. The van der Waals surface area contributed by atoms with E-state index in [0.29, 0.717) is 0 Å². The van der Waals surface area contributed by atoms with Crippen molar-refractivity contribution in [3.05, 3.63) is 12.7 Å². The topological polar surface area (TPSA) is 0 Å². The molecule has 0 aliphatic rings. The van der Waals surface area contributed by atoms with E-state index < -0.39 is 0 Å². The van der Waals surface area contributed by atoms with Crippen molar-refractivity contribution in [3.63, 3.8) is 0 Å². The van der Waals surface area contributed by atoms with Crippen LogP contribution in [-0.4, -0.2) is 31.7 Å². The SMILES string of the molecule is C=CCC[N+](C)(C)CCCCCCCCCC. The van der Waals surface area contributed by atoms with Crippen LogP contribution in [-0.2, 0) is 0 Å². The molecule has 0 fully saturated rings. The molecule has 0 saturated carbocycles. The maximum atomic E-state index is 3.80. The molecule has 0 heterocycles. The molecule has 0 saturated heterocycles.